The zero-order valence-corrected chi connectivity index (χ0v) is 20.7. The number of carbonyl (C=O) groups is 1. The predicted molar refractivity (Wildman–Crippen MR) is 135 cm³/mol. The van der Waals surface area contributed by atoms with E-state index in [1.54, 1.807) is 29.7 Å². The largest absolute Gasteiger partial charge is 0.508 e. The number of hydrogen-bond donors (Lipinski definition) is 3. The third kappa shape index (κ3) is 3.74. The average Bonchev–Trinajstić information content (AvgIpc) is 3.26. The molecule has 0 amide bonds. The van der Waals surface area contributed by atoms with Crippen molar-refractivity contribution in [3.05, 3.63) is 56.9 Å². The monoisotopic (exact) mass is 506 g/mol. The second-order valence-corrected chi connectivity index (χ2v) is 10.1. The minimum Gasteiger partial charge on any atom is -0.508 e. The summed E-state index contributed by atoms with van der Waals surface area (Å²) in [7, 11) is 0. The number of β-amino-alcohol motifs (C(OH)–C–C–N with tert-alkyl or cyclic N) is 1. The molecule has 3 aromatic rings. The number of phenols is 1. The van der Waals surface area contributed by atoms with Gasteiger partial charge in [0.25, 0.3) is 5.56 Å². The highest BCUT2D eigenvalue weighted by Crippen LogP contribution is 2.39. The second kappa shape index (κ2) is 8.91. The number of phenolic OH excluding ortho intramolecular Hbond substituents is 1. The van der Waals surface area contributed by atoms with Gasteiger partial charge in [0.05, 0.1) is 35.6 Å². The van der Waals surface area contributed by atoms with Gasteiger partial charge >= 0.3 is 5.97 Å². The number of aliphatic hydroxyl groups excluding tert-OH is 1. The number of nitrogens with zero attached hydrogens (tertiary/aromatic N) is 4. The summed E-state index contributed by atoms with van der Waals surface area (Å²) in [4.78, 5) is 35.2. The first-order valence-corrected chi connectivity index (χ1v) is 12.7. The molecule has 3 aliphatic rings. The Morgan fingerprint density at radius 2 is 1.86 bits per heavy atom. The molecule has 0 unspecified atom stereocenters. The summed E-state index contributed by atoms with van der Waals surface area (Å²) in [5, 5.41) is 31.9. The number of piperazine rings is 1. The average molecular weight is 507 g/mol. The Bertz CT molecular complexity index is 1480. The molecule has 194 valence electrons. The molecule has 0 radical (unpaired) electrons. The van der Waals surface area contributed by atoms with Crippen LogP contribution < -0.4 is 5.56 Å². The Balaban J connectivity index is 1.40. The fourth-order valence-electron chi connectivity index (χ4n) is 5.80. The highest BCUT2D eigenvalue weighted by molar-refractivity contribution is 5.89. The van der Waals surface area contributed by atoms with Crippen LogP contribution in [0.25, 0.3) is 22.3 Å². The lowest BCUT2D eigenvalue weighted by atomic mass is 9.86. The number of aliphatic hydroxyl groups is 2. The highest BCUT2D eigenvalue weighted by atomic mass is 16.6. The standard InChI is InChI=1S/C27H30N4O6/c1-2-27(36)20-12-22-24-16(13-31(22)25(34)19(20)15-37-26(27)35)11-17-18(23(33)4-3-21(17)28-24)14-30-7-5-29(6-8-30)9-10-32/h3-4,11-12,32-33,36H,2,5-10,13-15H2,1H3/t27-/m0/s1. The number of rotatable bonds is 5. The number of aromatic nitrogens is 2. The summed E-state index contributed by atoms with van der Waals surface area (Å²) >= 11 is 0. The lowest BCUT2D eigenvalue weighted by Gasteiger charge is -2.34. The van der Waals surface area contributed by atoms with Crippen molar-refractivity contribution in [1.29, 1.82) is 0 Å². The topological polar surface area (TPSA) is 128 Å². The van der Waals surface area contributed by atoms with E-state index in [1.807, 2.05) is 6.07 Å². The molecule has 10 heteroatoms. The third-order valence-corrected chi connectivity index (χ3v) is 8.04. The van der Waals surface area contributed by atoms with E-state index in [9.17, 15) is 24.9 Å². The molecule has 10 nitrogen and oxygen atoms in total. The first kappa shape index (κ1) is 24.1. The lowest BCUT2D eigenvalue weighted by molar-refractivity contribution is -0.172. The minimum absolute atomic E-state index is 0.0939. The van der Waals surface area contributed by atoms with Crippen molar-refractivity contribution in [3.8, 4) is 17.1 Å². The van der Waals surface area contributed by atoms with Crippen LogP contribution in [0.4, 0.5) is 0 Å². The van der Waals surface area contributed by atoms with Crippen LogP contribution >= 0.6 is 0 Å². The van der Waals surface area contributed by atoms with Gasteiger partial charge in [0.15, 0.2) is 5.60 Å². The van der Waals surface area contributed by atoms with Crippen molar-refractivity contribution >= 4 is 16.9 Å². The summed E-state index contributed by atoms with van der Waals surface area (Å²) in [6.07, 6.45) is 0.0939. The van der Waals surface area contributed by atoms with E-state index in [2.05, 4.69) is 9.80 Å². The van der Waals surface area contributed by atoms with E-state index in [0.29, 0.717) is 47.7 Å². The van der Waals surface area contributed by atoms with Crippen LogP contribution in [-0.2, 0) is 34.8 Å². The maximum Gasteiger partial charge on any atom is 0.343 e. The molecule has 0 saturated carbocycles. The van der Waals surface area contributed by atoms with E-state index in [0.717, 1.165) is 42.7 Å². The number of aromatic hydroxyl groups is 1. The molecule has 1 aromatic carbocycles. The molecule has 1 fully saturated rings. The van der Waals surface area contributed by atoms with Crippen molar-refractivity contribution < 1.29 is 24.9 Å². The Kier molecular flexibility index (Phi) is 5.79. The maximum absolute atomic E-state index is 13.4. The Morgan fingerprint density at radius 3 is 2.59 bits per heavy atom. The Hall–Kier alpha value is -3.31. The first-order valence-electron chi connectivity index (χ1n) is 12.7. The van der Waals surface area contributed by atoms with E-state index >= 15 is 0 Å². The van der Waals surface area contributed by atoms with Crippen molar-refractivity contribution in [2.24, 2.45) is 0 Å². The van der Waals surface area contributed by atoms with Crippen LogP contribution in [0.1, 0.15) is 35.6 Å². The van der Waals surface area contributed by atoms with Gasteiger partial charge in [0.2, 0.25) is 0 Å². The van der Waals surface area contributed by atoms with Gasteiger partial charge in [-0.3, -0.25) is 14.6 Å². The van der Waals surface area contributed by atoms with Gasteiger partial charge in [-0.05, 0) is 30.7 Å². The molecule has 1 saturated heterocycles. The van der Waals surface area contributed by atoms with Gasteiger partial charge in [0.1, 0.15) is 12.4 Å². The summed E-state index contributed by atoms with van der Waals surface area (Å²) in [6, 6.07) is 7.12. The van der Waals surface area contributed by atoms with E-state index in [4.69, 9.17) is 9.72 Å². The van der Waals surface area contributed by atoms with E-state index < -0.39 is 11.6 Å². The number of cyclic esters (lactones) is 1. The fraction of sp³-hybridized carbons (Fsp3) is 0.444. The molecule has 6 rings (SSSR count). The normalized spacial score (nSPS) is 21.5. The summed E-state index contributed by atoms with van der Waals surface area (Å²) in [5.74, 6) is -0.535. The third-order valence-electron chi connectivity index (χ3n) is 8.04. The summed E-state index contributed by atoms with van der Waals surface area (Å²) in [6.45, 7) is 6.61. The van der Waals surface area contributed by atoms with Crippen LogP contribution in [0, 0.1) is 0 Å². The van der Waals surface area contributed by atoms with Crippen LogP contribution in [0.2, 0.25) is 0 Å². The van der Waals surface area contributed by atoms with Crippen molar-refractivity contribution in [1.82, 2.24) is 19.4 Å². The number of fused-ring (bicyclic) bond motifs is 5. The zero-order valence-electron chi connectivity index (χ0n) is 20.7. The van der Waals surface area contributed by atoms with Crippen molar-refractivity contribution in [2.45, 2.75) is 38.6 Å². The molecule has 0 bridgehead atoms. The van der Waals surface area contributed by atoms with Crippen LogP contribution in [0.3, 0.4) is 0 Å². The van der Waals surface area contributed by atoms with Gasteiger partial charge in [-0.2, -0.15) is 0 Å². The van der Waals surface area contributed by atoms with Crippen LogP contribution in [-0.4, -0.2) is 80.0 Å². The van der Waals surface area contributed by atoms with Crippen LogP contribution in [0.5, 0.6) is 5.75 Å². The Labute approximate surface area is 213 Å². The number of pyridine rings is 2. The van der Waals surface area contributed by atoms with Crippen molar-refractivity contribution in [2.75, 3.05) is 39.3 Å². The number of ether oxygens (including phenoxy) is 1. The molecule has 3 aliphatic heterocycles. The van der Waals surface area contributed by atoms with E-state index in [1.165, 1.54) is 0 Å². The number of hydrogen-bond acceptors (Lipinski definition) is 9. The number of esters is 1. The molecule has 2 aromatic heterocycles. The molecule has 0 aliphatic carbocycles. The maximum atomic E-state index is 13.4. The molecular weight excluding hydrogens is 476 g/mol. The van der Waals surface area contributed by atoms with Gasteiger partial charge in [-0.1, -0.05) is 6.92 Å². The quantitative estimate of drug-likeness (QED) is 0.338. The van der Waals surface area contributed by atoms with Gasteiger partial charge in [0, 0.05) is 61.3 Å². The number of carbonyl (C=O) groups excluding carboxylic acids is 1. The predicted octanol–water partition coefficient (Wildman–Crippen LogP) is 0.895. The molecule has 0 spiro atoms. The van der Waals surface area contributed by atoms with Gasteiger partial charge in [-0.15, -0.1) is 0 Å². The Morgan fingerprint density at radius 1 is 1.11 bits per heavy atom. The van der Waals surface area contributed by atoms with Crippen molar-refractivity contribution in [3.63, 3.8) is 0 Å². The molecular formula is C27H30N4O6. The van der Waals surface area contributed by atoms with Crippen LogP contribution in [0.15, 0.2) is 29.1 Å². The van der Waals surface area contributed by atoms with Gasteiger partial charge < -0.3 is 24.6 Å². The smallest absolute Gasteiger partial charge is 0.343 e. The second-order valence-electron chi connectivity index (χ2n) is 10.1. The molecule has 3 N–H and O–H groups in total. The first-order chi connectivity index (χ1) is 17.8. The van der Waals surface area contributed by atoms with Gasteiger partial charge in [-0.25, -0.2) is 9.78 Å². The fourth-order valence-corrected chi connectivity index (χ4v) is 5.80. The summed E-state index contributed by atoms with van der Waals surface area (Å²) in [5.41, 5.74) is 1.99. The highest BCUT2D eigenvalue weighted by Gasteiger charge is 2.45. The van der Waals surface area contributed by atoms with E-state index in [-0.39, 0.29) is 30.9 Å². The molecule has 5 heterocycles. The summed E-state index contributed by atoms with van der Waals surface area (Å²) < 4.78 is 6.76. The number of benzene rings is 1. The SMILES string of the molecule is CC[C@@]1(O)C(=O)OCc2c1cc1n(c2=O)Cc2cc3c(CN4CCN(CCO)CC4)c(O)ccc3nc2-1. The minimum atomic E-state index is -1.86. The molecule has 37 heavy (non-hydrogen) atoms. The lowest BCUT2D eigenvalue weighted by Crippen LogP contribution is -2.46. The zero-order chi connectivity index (χ0) is 25.9. The molecule has 1 atom stereocenters.